The summed E-state index contributed by atoms with van der Waals surface area (Å²) in [4.78, 5) is 22.8. The lowest BCUT2D eigenvalue weighted by molar-refractivity contribution is -0.140. The fourth-order valence-electron chi connectivity index (χ4n) is 2.54. The Hall–Kier alpha value is -0.860. The van der Waals surface area contributed by atoms with Gasteiger partial charge in [-0.1, -0.05) is 30.9 Å². The SMILES string of the molecule is CCSC(=S)SC(C)(C#N)CCC(=O)NCCC(C)(C)OCCC(C)(C)OCCC(=O)O. The summed E-state index contributed by atoms with van der Waals surface area (Å²) in [6, 6.07) is 2.28. The van der Waals surface area contributed by atoms with Gasteiger partial charge in [-0.15, -0.1) is 11.8 Å². The molecule has 1 amide bonds. The molecular weight excluding hydrogens is 468 g/mol. The maximum Gasteiger partial charge on any atom is 0.305 e. The number of ether oxygens (including phenoxy) is 2. The van der Waals surface area contributed by atoms with Crippen molar-refractivity contribution in [3.63, 3.8) is 0 Å². The van der Waals surface area contributed by atoms with E-state index in [0.29, 0.717) is 32.4 Å². The highest BCUT2D eigenvalue weighted by Gasteiger charge is 2.28. The van der Waals surface area contributed by atoms with Crippen molar-refractivity contribution in [2.45, 2.75) is 89.6 Å². The van der Waals surface area contributed by atoms with Crippen LogP contribution in [0.5, 0.6) is 0 Å². The third-order valence-corrected chi connectivity index (χ3v) is 7.34. The molecule has 0 aliphatic carbocycles. The molecule has 0 aliphatic heterocycles. The van der Waals surface area contributed by atoms with Gasteiger partial charge in [0.15, 0.2) is 0 Å². The lowest BCUT2D eigenvalue weighted by Gasteiger charge is -2.30. The zero-order valence-corrected chi connectivity index (χ0v) is 22.6. The second-order valence-electron chi connectivity index (χ2n) is 8.84. The number of carbonyl (C=O) groups is 2. The Morgan fingerprint density at radius 1 is 1.03 bits per heavy atom. The summed E-state index contributed by atoms with van der Waals surface area (Å²) in [7, 11) is 0. The van der Waals surface area contributed by atoms with Crippen LogP contribution in [0.25, 0.3) is 0 Å². The zero-order chi connectivity index (χ0) is 24.8. The Balaban J connectivity index is 4.25. The van der Waals surface area contributed by atoms with Gasteiger partial charge in [0.05, 0.1) is 36.9 Å². The number of nitrogens with zero attached hydrogens (tertiary/aromatic N) is 1. The predicted octanol–water partition coefficient (Wildman–Crippen LogP) is 4.78. The Morgan fingerprint density at radius 3 is 2.19 bits per heavy atom. The molecule has 0 saturated heterocycles. The van der Waals surface area contributed by atoms with Gasteiger partial charge in [-0.05, 0) is 59.6 Å². The lowest BCUT2D eigenvalue weighted by atomic mass is 10.0. The van der Waals surface area contributed by atoms with Crippen LogP contribution in [0.15, 0.2) is 0 Å². The van der Waals surface area contributed by atoms with Gasteiger partial charge < -0.3 is 19.9 Å². The molecule has 2 N–H and O–H groups in total. The highest BCUT2D eigenvalue weighted by Crippen LogP contribution is 2.34. The van der Waals surface area contributed by atoms with Crippen molar-refractivity contribution in [3.8, 4) is 6.07 Å². The van der Waals surface area contributed by atoms with Crippen LogP contribution >= 0.6 is 35.7 Å². The predicted molar refractivity (Wildman–Crippen MR) is 136 cm³/mol. The second kappa shape index (κ2) is 15.1. The van der Waals surface area contributed by atoms with E-state index in [1.165, 1.54) is 23.5 Å². The maximum atomic E-state index is 12.2. The number of carboxylic acids is 1. The van der Waals surface area contributed by atoms with Crippen LogP contribution in [-0.2, 0) is 19.1 Å². The van der Waals surface area contributed by atoms with E-state index in [9.17, 15) is 14.9 Å². The van der Waals surface area contributed by atoms with E-state index < -0.39 is 21.9 Å². The molecule has 0 saturated carbocycles. The molecule has 0 aromatic heterocycles. The minimum Gasteiger partial charge on any atom is -0.481 e. The number of hydrogen-bond acceptors (Lipinski definition) is 8. The van der Waals surface area contributed by atoms with E-state index in [0.717, 1.165) is 9.28 Å². The number of aliphatic carboxylic acids is 1. The van der Waals surface area contributed by atoms with Gasteiger partial charge in [-0.2, -0.15) is 5.26 Å². The molecule has 0 aromatic rings. The van der Waals surface area contributed by atoms with Crippen LogP contribution in [0.4, 0.5) is 0 Å². The van der Waals surface area contributed by atoms with E-state index in [1.54, 1.807) is 0 Å². The molecule has 184 valence electrons. The van der Waals surface area contributed by atoms with Crippen LogP contribution in [-0.4, -0.2) is 62.0 Å². The number of nitriles is 1. The fourth-order valence-corrected chi connectivity index (χ4v) is 5.44. The number of carboxylic acid groups (broad SMARTS) is 1. The van der Waals surface area contributed by atoms with Crippen molar-refractivity contribution in [2.75, 3.05) is 25.5 Å². The first-order valence-corrected chi connectivity index (χ1v) is 13.0. The van der Waals surface area contributed by atoms with E-state index in [-0.39, 0.29) is 25.4 Å². The topological polar surface area (TPSA) is 109 Å². The van der Waals surface area contributed by atoms with Crippen molar-refractivity contribution in [2.24, 2.45) is 0 Å². The van der Waals surface area contributed by atoms with E-state index in [4.69, 9.17) is 26.8 Å². The Morgan fingerprint density at radius 2 is 1.62 bits per heavy atom. The Labute approximate surface area is 206 Å². The highest BCUT2D eigenvalue weighted by atomic mass is 32.2. The van der Waals surface area contributed by atoms with E-state index in [1.807, 2.05) is 41.5 Å². The van der Waals surface area contributed by atoms with E-state index in [2.05, 4.69) is 11.4 Å². The van der Waals surface area contributed by atoms with Crippen LogP contribution in [0.1, 0.15) is 73.6 Å². The quantitative estimate of drug-likeness (QED) is 0.286. The molecule has 0 heterocycles. The normalized spacial score (nSPS) is 13.8. The first-order valence-electron chi connectivity index (χ1n) is 10.8. The summed E-state index contributed by atoms with van der Waals surface area (Å²) in [6.07, 6.45) is 1.94. The Bertz CT molecular complexity index is 664. The number of nitrogens with one attached hydrogen (secondary N) is 1. The molecule has 10 heteroatoms. The maximum absolute atomic E-state index is 12.2. The molecule has 0 aromatic carbocycles. The second-order valence-corrected chi connectivity index (χ2v) is 12.8. The van der Waals surface area contributed by atoms with Gasteiger partial charge in [0.2, 0.25) is 5.91 Å². The van der Waals surface area contributed by atoms with Crippen molar-refractivity contribution in [1.82, 2.24) is 5.32 Å². The third kappa shape index (κ3) is 15.9. The molecule has 0 radical (unpaired) electrons. The van der Waals surface area contributed by atoms with Gasteiger partial charge in [0, 0.05) is 13.0 Å². The minimum absolute atomic E-state index is 0.0218. The van der Waals surface area contributed by atoms with Gasteiger partial charge in [0.1, 0.15) is 8.28 Å². The van der Waals surface area contributed by atoms with Crippen LogP contribution < -0.4 is 5.32 Å². The molecular formula is C22H38N2O5S3. The van der Waals surface area contributed by atoms with Crippen molar-refractivity contribution >= 4 is 51.1 Å². The minimum atomic E-state index is -0.879. The zero-order valence-electron chi connectivity index (χ0n) is 20.1. The van der Waals surface area contributed by atoms with Crippen molar-refractivity contribution in [1.29, 1.82) is 5.26 Å². The number of thiocarbonyl (C=S) groups is 1. The lowest BCUT2D eigenvalue weighted by Crippen LogP contribution is -2.35. The number of rotatable bonds is 16. The largest absolute Gasteiger partial charge is 0.481 e. The number of hydrogen-bond donors (Lipinski definition) is 2. The number of thioether (sulfide) groups is 2. The third-order valence-electron chi connectivity index (χ3n) is 4.69. The van der Waals surface area contributed by atoms with Crippen molar-refractivity contribution < 1.29 is 24.2 Å². The van der Waals surface area contributed by atoms with Crippen LogP contribution in [0.3, 0.4) is 0 Å². The molecule has 0 spiro atoms. The molecule has 0 rings (SSSR count). The summed E-state index contributed by atoms with van der Waals surface area (Å²) in [5.41, 5.74) is -0.895. The standard InChI is InChI=1S/C22H38N2O5S3/c1-7-31-19(30)32-22(6,16-23)10-8-17(25)24-13-11-20(2,3)29-15-12-21(4,5)28-14-9-18(26)27/h7-15H2,1-6H3,(H,24,25)(H,26,27). The molecule has 0 aliphatic rings. The van der Waals surface area contributed by atoms with Gasteiger partial charge >= 0.3 is 5.97 Å². The average molecular weight is 507 g/mol. The molecule has 0 bridgehead atoms. The fraction of sp³-hybridized carbons (Fsp3) is 0.818. The summed E-state index contributed by atoms with van der Waals surface area (Å²) in [5, 5.41) is 21.1. The van der Waals surface area contributed by atoms with E-state index >= 15 is 0 Å². The average Bonchev–Trinajstić information content (AvgIpc) is 2.65. The summed E-state index contributed by atoms with van der Waals surface area (Å²) >= 11 is 8.16. The molecule has 32 heavy (non-hydrogen) atoms. The summed E-state index contributed by atoms with van der Waals surface area (Å²) in [5.74, 6) is -0.110. The number of carbonyl (C=O) groups excluding carboxylic acids is 1. The first kappa shape index (κ1) is 31.1. The van der Waals surface area contributed by atoms with Crippen LogP contribution in [0.2, 0.25) is 0 Å². The summed E-state index contributed by atoms with van der Waals surface area (Å²) in [6.45, 7) is 12.7. The number of amides is 1. The first-order chi connectivity index (χ1) is 14.7. The Kier molecular flexibility index (Phi) is 14.7. The van der Waals surface area contributed by atoms with Crippen molar-refractivity contribution in [3.05, 3.63) is 0 Å². The highest BCUT2D eigenvalue weighted by molar-refractivity contribution is 8.47. The smallest absolute Gasteiger partial charge is 0.305 e. The van der Waals surface area contributed by atoms with Gasteiger partial charge in [0.25, 0.3) is 0 Å². The molecule has 1 unspecified atom stereocenters. The molecule has 1 atom stereocenters. The molecule has 7 nitrogen and oxygen atoms in total. The monoisotopic (exact) mass is 506 g/mol. The van der Waals surface area contributed by atoms with Gasteiger partial charge in [-0.25, -0.2) is 0 Å². The van der Waals surface area contributed by atoms with Gasteiger partial charge in [-0.3, -0.25) is 9.59 Å². The molecule has 0 fully saturated rings. The summed E-state index contributed by atoms with van der Waals surface area (Å²) < 4.78 is 11.6. The van der Waals surface area contributed by atoms with Crippen LogP contribution in [0, 0.1) is 11.3 Å².